The molecule has 1 aromatic heterocycles. The minimum Gasteiger partial charge on any atom is -0.395 e. The lowest BCUT2D eigenvalue weighted by Gasteiger charge is -2.26. The molecule has 1 aliphatic rings. The average molecular weight is 277 g/mol. The van der Waals surface area contributed by atoms with Gasteiger partial charge in [0.2, 0.25) is 0 Å². The van der Waals surface area contributed by atoms with Crippen LogP contribution < -0.4 is 0 Å². The Labute approximate surface area is 118 Å². The maximum absolute atomic E-state index is 12.3. The summed E-state index contributed by atoms with van der Waals surface area (Å²) in [6, 6.07) is 1.94. The molecule has 0 atom stereocenters. The van der Waals surface area contributed by atoms with Crippen LogP contribution in [0.25, 0.3) is 0 Å². The first-order valence-electron chi connectivity index (χ1n) is 6.72. The number of hydrogen-bond donors (Lipinski definition) is 1. The predicted molar refractivity (Wildman–Crippen MR) is 77.4 cm³/mol. The summed E-state index contributed by atoms with van der Waals surface area (Å²) in [5.74, 6) is 6.08. The predicted octanol–water partition coefficient (Wildman–Crippen LogP) is 2.42. The Morgan fingerprint density at radius 2 is 2.16 bits per heavy atom. The van der Waals surface area contributed by atoms with Gasteiger partial charge in [-0.1, -0.05) is 11.8 Å². The Kier molecular flexibility index (Phi) is 5.00. The summed E-state index contributed by atoms with van der Waals surface area (Å²) in [6.07, 6.45) is 3.93. The number of amides is 1. The van der Waals surface area contributed by atoms with Crippen LogP contribution in [0.2, 0.25) is 0 Å². The van der Waals surface area contributed by atoms with E-state index in [9.17, 15) is 4.79 Å². The third-order valence-electron chi connectivity index (χ3n) is 3.21. The molecule has 1 amide bonds. The second kappa shape index (κ2) is 6.74. The Hall–Kier alpha value is -1.31. The first-order chi connectivity index (χ1) is 9.22. The summed E-state index contributed by atoms with van der Waals surface area (Å²) < 4.78 is 0. The van der Waals surface area contributed by atoms with Crippen LogP contribution in [0, 0.1) is 18.8 Å². The van der Waals surface area contributed by atoms with Gasteiger partial charge in [-0.2, -0.15) is 0 Å². The molecule has 0 spiro atoms. The summed E-state index contributed by atoms with van der Waals surface area (Å²) in [7, 11) is 0. The SMILES string of the molecule is Cc1cc(C(=O)N2CCCCC2)sc1C#CCCO. The topological polar surface area (TPSA) is 40.5 Å². The van der Waals surface area contributed by atoms with E-state index in [2.05, 4.69) is 11.8 Å². The van der Waals surface area contributed by atoms with E-state index in [1.807, 2.05) is 17.9 Å². The minimum atomic E-state index is 0.0803. The first-order valence-corrected chi connectivity index (χ1v) is 7.53. The highest BCUT2D eigenvalue weighted by Crippen LogP contribution is 2.23. The van der Waals surface area contributed by atoms with Gasteiger partial charge >= 0.3 is 0 Å². The molecular weight excluding hydrogens is 258 g/mol. The fourth-order valence-electron chi connectivity index (χ4n) is 2.16. The smallest absolute Gasteiger partial charge is 0.263 e. The fourth-order valence-corrected chi connectivity index (χ4v) is 3.18. The molecule has 2 heterocycles. The Morgan fingerprint density at radius 3 is 2.84 bits per heavy atom. The molecule has 0 saturated carbocycles. The number of rotatable bonds is 2. The fraction of sp³-hybridized carbons (Fsp3) is 0.533. The van der Waals surface area contributed by atoms with Crippen molar-refractivity contribution in [3.05, 3.63) is 21.4 Å². The molecule has 0 aliphatic carbocycles. The van der Waals surface area contributed by atoms with Crippen LogP contribution in [0.1, 0.15) is 45.8 Å². The van der Waals surface area contributed by atoms with Crippen LogP contribution in [0.3, 0.4) is 0 Å². The molecule has 1 aromatic rings. The number of aliphatic hydroxyl groups excluding tert-OH is 1. The lowest BCUT2D eigenvalue weighted by atomic mass is 10.1. The summed E-state index contributed by atoms with van der Waals surface area (Å²) in [5.41, 5.74) is 1.05. The molecule has 0 unspecified atom stereocenters. The van der Waals surface area contributed by atoms with Crippen LogP contribution in [0.15, 0.2) is 6.07 Å². The molecule has 102 valence electrons. The van der Waals surface area contributed by atoms with Gasteiger partial charge in [0.15, 0.2) is 0 Å². The quantitative estimate of drug-likeness (QED) is 0.843. The van der Waals surface area contributed by atoms with Gasteiger partial charge in [0.1, 0.15) is 0 Å². The molecule has 19 heavy (non-hydrogen) atoms. The van der Waals surface area contributed by atoms with Gasteiger partial charge in [-0.05, 0) is 37.8 Å². The number of thiophene rings is 1. The van der Waals surface area contributed by atoms with Gasteiger partial charge in [-0.15, -0.1) is 11.3 Å². The zero-order valence-corrected chi connectivity index (χ0v) is 12.1. The van der Waals surface area contributed by atoms with E-state index in [1.54, 1.807) is 0 Å². The van der Waals surface area contributed by atoms with Crippen molar-refractivity contribution >= 4 is 17.2 Å². The second-order valence-corrected chi connectivity index (χ2v) is 5.80. The zero-order valence-electron chi connectivity index (χ0n) is 11.2. The van der Waals surface area contributed by atoms with Crippen molar-refractivity contribution in [3.63, 3.8) is 0 Å². The monoisotopic (exact) mass is 277 g/mol. The van der Waals surface area contributed by atoms with Crippen LogP contribution in [0.4, 0.5) is 0 Å². The molecule has 0 aromatic carbocycles. The Morgan fingerprint density at radius 1 is 1.42 bits per heavy atom. The Balaban J connectivity index is 2.10. The van der Waals surface area contributed by atoms with Gasteiger partial charge in [-0.3, -0.25) is 4.79 Å². The maximum atomic E-state index is 12.3. The van der Waals surface area contributed by atoms with Crippen LogP contribution in [-0.2, 0) is 0 Å². The van der Waals surface area contributed by atoms with Crippen molar-refractivity contribution in [3.8, 4) is 11.8 Å². The average Bonchev–Trinajstić information content (AvgIpc) is 2.81. The van der Waals surface area contributed by atoms with Crippen molar-refractivity contribution < 1.29 is 9.90 Å². The number of likely N-dealkylation sites (tertiary alicyclic amines) is 1. The van der Waals surface area contributed by atoms with Crippen LogP contribution >= 0.6 is 11.3 Å². The molecule has 1 saturated heterocycles. The minimum absolute atomic E-state index is 0.0803. The highest BCUT2D eigenvalue weighted by molar-refractivity contribution is 7.14. The van der Waals surface area contributed by atoms with Crippen LogP contribution in [-0.4, -0.2) is 35.6 Å². The molecule has 0 bridgehead atoms. The van der Waals surface area contributed by atoms with Gasteiger partial charge < -0.3 is 10.0 Å². The highest BCUT2D eigenvalue weighted by Gasteiger charge is 2.20. The lowest BCUT2D eigenvalue weighted by molar-refractivity contribution is 0.0729. The van der Waals surface area contributed by atoms with E-state index in [1.165, 1.54) is 17.8 Å². The number of aryl methyl sites for hydroxylation is 1. The van der Waals surface area contributed by atoms with E-state index >= 15 is 0 Å². The number of aliphatic hydroxyl groups is 1. The number of carbonyl (C=O) groups excluding carboxylic acids is 1. The third kappa shape index (κ3) is 3.59. The number of hydrogen-bond acceptors (Lipinski definition) is 3. The van der Waals surface area contributed by atoms with E-state index < -0.39 is 0 Å². The zero-order chi connectivity index (χ0) is 13.7. The number of carbonyl (C=O) groups is 1. The number of piperidine rings is 1. The van der Waals surface area contributed by atoms with Gasteiger partial charge in [0.25, 0.3) is 5.91 Å². The standard InChI is InChI=1S/C15H19NO2S/c1-12-11-14(19-13(12)7-3-6-10-17)15(18)16-8-4-2-5-9-16/h11,17H,2,4-6,8-10H2,1H3. The van der Waals surface area contributed by atoms with E-state index in [4.69, 9.17) is 5.11 Å². The highest BCUT2D eigenvalue weighted by atomic mass is 32.1. The summed E-state index contributed by atoms with van der Waals surface area (Å²) in [4.78, 5) is 16.0. The molecule has 2 rings (SSSR count). The molecule has 3 nitrogen and oxygen atoms in total. The van der Waals surface area contributed by atoms with Crippen molar-refractivity contribution in [1.82, 2.24) is 4.90 Å². The van der Waals surface area contributed by atoms with E-state index in [-0.39, 0.29) is 12.5 Å². The van der Waals surface area contributed by atoms with Gasteiger partial charge in [0.05, 0.1) is 16.4 Å². The van der Waals surface area contributed by atoms with Gasteiger partial charge in [0, 0.05) is 19.5 Å². The summed E-state index contributed by atoms with van der Waals surface area (Å²) in [5, 5.41) is 8.72. The molecule has 4 heteroatoms. The largest absolute Gasteiger partial charge is 0.395 e. The summed E-state index contributed by atoms with van der Waals surface area (Å²) >= 11 is 1.47. The first kappa shape index (κ1) is 14.1. The number of nitrogens with zero attached hydrogens (tertiary/aromatic N) is 1. The summed E-state index contributed by atoms with van der Waals surface area (Å²) in [6.45, 7) is 3.81. The van der Waals surface area contributed by atoms with Crippen molar-refractivity contribution in [1.29, 1.82) is 0 Å². The van der Waals surface area contributed by atoms with Crippen LogP contribution in [0.5, 0.6) is 0 Å². The van der Waals surface area contributed by atoms with Crippen molar-refractivity contribution in [2.45, 2.75) is 32.6 Å². The maximum Gasteiger partial charge on any atom is 0.263 e. The molecule has 1 aliphatic heterocycles. The van der Waals surface area contributed by atoms with E-state index in [0.29, 0.717) is 6.42 Å². The second-order valence-electron chi connectivity index (χ2n) is 4.75. The lowest BCUT2D eigenvalue weighted by Crippen LogP contribution is -2.35. The third-order valence-corrected chi connectivity index (χ3v) is 4.35. The molecule has 1 N–H and O–H groups in total. The molecule has 1 fully saturated rings. The van der Waals surface area contributed by atoms with Gasteiger partial charge in [-0.25, -0.2) is 0 Å². The van der Waals surface area contributed by atoms with Crippen molar-refractivity contribution in [2.75, 3.05) is 19.7 Å². The normalized spacial score (nSPS) is 14.9. The molecule has 0 radical (unpaired) electrons. The molecular formula is C15H19NO2S. The van der Waals surface area contributed by atoms with Crippen molar-refractivity contribution in [2.24, 2.45) is 0 Å². The Bertz CT molecular complexity index is 504. The van der Waals surface area contributed by atoms with E-state index in [0.717, 1.165) is 41.2 Å².